The van der Waals surface area contributed by atoms with Gasteiger partial charge in [-0.15, -0.1) is 11.3 Å². The lowest BCUT2D eigenvalue weighted by Crippen LogP contribution is -2.13. The second-order valence-corrected chi connectivity index (χ2v) is 8.10. The molecule has 0 atom stereocenters. The highest BCUT2D eigenvalue weighted by Gasteiger charge is 2.16. The van der Waals surface area contributed by atoms with E-state index in [0.29, 0.717) is 27.6 Å². The molecule has 0 saturated heterocycles. The summed E-state index contributed by atoms with van der Waals surface area (Å²) in [6.45, 7) is 0. The quantitative estimate of drug-likeness (QED) is 0.342. The van der Waals surface area contributed by atoms with Gasteiger partial charge in [0.1, 0.15) is 16.5 Å². The standard InChI is InChI=1S/C25H18N2O3S/c1-30-22-13-16-7-3-2-6-15(16)12-19(22)24(29)26-17-10-11-21(28)18(14-17)25-27-20-8-4-5-9-23(20)31-25/h2-14,28H,1H3,(H,26,29). The Hall–Kier alpha value is -3.90. The van der Waals surface area contributed by atoms with E-state index in [1.807, 2.05) is 60.7 Å². The van der Waals surface area contributed by atoms with E-state index in [4.69, 9.17) is 4.74 Å². The number of thiazole rings is 1. The molecule has 0 saturated carbocycles. The first-order valence-electron chi connectivity index (χ1n) is 9.69. The lowest BCUT2D eigenvalue weighted by atomic mass is 10.0. The van der Waals surface area contributed by atoms with E-state index < -0.39 is 0 Å². The number of nitrogens with one attached hydrogen (secondary N) is 1. The highest BCUT2D eigenvalue weighted by Crippen LogP contribution is 2.37. The number of para-hydroxylation sites is 1. The molecule has 1 heterocycles. The normalized spacial score (nSPS) is 11.0. The van der Waals surface area contributed by atoms with Crippen LogP contribution in [-0.2, 0) is 0 Å². The van der Waals surface area contributed by atoms with Gasteiger partial charge in [0.2, 0.25) is 0 Å². The zero-order valence-electron chi connectivity index (χ0n) is 16.6. The predicted molar refractivity (Wildman–Crippen MR) is 125 cm³/mol. The summed E-state index contributed by atoms with van der Waals surface area (Å²) in [6, 6.07) is 24.3. The van der Waals surface area contributed by atoms with Gasteiger partial charge in [-0.05, 0) is 53.2 Å². The summed E-state index contributed by atoms with van der Waals surface area (Å²) in [7, 11) is 1.55. The maximum Gasteiger partial charge on any atom is 0.259 e. The van der Waals surface area contributed by atoms with Crippen LogP contribution in [0.15, 0.2) is 78.9 Å². The molecule has 2 N–H and O–H groups in total. The van der Waals surface area contributed by atoms with Gasteiger partial charge >= 0.3 is 0 Å². The first-order valence-corrected chi connectivity index (χ1v) is 10.5. The number of anilines is 1. The van der Waals surface area contributed by atoms with E-state index in [2.05, 4.69) is 10.3 Å². The molecule has 0 radical (unpaired) electrons. The number of carbonyl (C=O) groups excluding carboxylic acids is 1. The number of fused-ring (bicyclic) bond motifs is 2. The number of carbonyl (C=O) groups is 1. The average Bonchev–Trinajstić information content (AvgIpc) is 3.23. The number of aromatic hydroxyl groups is 1. The molecule has 1 amide bonds. The minimum absolute atomic E-state index is 0.111. The third-order valence-electron chi connectivity index (χ3n) is 5.09. The molecule has 31 heavy (non-hydrogen) atoms. The van der Waals surface area contributed by atoms with Crippen molar-refractivity contribution in [3.05, 3.63) is 84.4 Å². The third-order valence-corrected chi connectivity index (χ3v) is 6.16. The van der Waals surface area contributed by atoms with E-state index in [0.717, 1.165) is 21.0 Å². The zero-order chi connectivity index (χ0) is 21.4. The highest BCUT2D eigenvalue weighted by molar-refractivity contribution is 7.21. The number of amides is 1. The fraction of sp³-hybridized carbons (Fsp3) is 0.0400. The molecular formula is C25H18N2O3S. The van der Waals surface area contributed by atoms with Crippen LogP contribution in [0.1, 0.15) is 10.4 Å². The summed E-state index contributed by atoms with van der Waals surface area (Å²) in [5.41, 5.74) is 2.45. The molecule has 6 heteroatoms. The molecule has 0 aliphatic heterocycles. The summed E-state index contributed by atoms with van der Waals surface area (Å²) < 4.78 is 6.48. The number of nitrogens with zero attached hydrogens (tertiary/aromatic N) is 1. The molecule has 5 rings (SSSR count). The molecule has 4 aromatic carbocycles. The van der Waals surface area contributed by atoms with Crippen LogP contribution in [0.2, 0.25) is 0 Å². The molecular weight excluding hydrogens is 408 g/mol. The minimum atomic E-state index is -0.288. The van der Waals surface area contributed by atoms with Crippen LogP contribution in [0, 0.1) is 0 Å². The summed E-state index contributed by atoms with van der Waals surface area (Å²) in [6.07, 6.45) is 0. The summed E-state index contributed by atoms with van der Waals surface area (Å²) in [5.74, 6) is 0.324. The van der Waals surface area contributed by atoms with Crippen molar-refractivity contribution in [2.75, 3.05) is 12.4 Å². The maximum atomic E-state index is 13.0. The Morgan fingerprint density at radius 2 is 1.71 bits per heavy atom. The fourth-order valence-corrected chi connectivity index (χ4v) is 4.53. The van der Waals surface area contributed by atoms with Crippen molar-refractivity contribution in [2.45, 2.75) is 0 Å². The van der Waals surface area contributed by atoms with Gasteiger partial charge in [-0.25, -0.2) is 4.98 Å². The van der Waals surface area contributed by atoms with Gasteiger partial charge in [-0.2, -0.15) is 0 Å². The van der Waals surface area contributed by atoms with Crippen molar-refractivity contribution >= 4 is 43.9 Å². The lowest BCUT2D eigenvalue weighted by molar-refractivity contribution is 0.102. The Morgan fingerprint density at radius 1 is 0.968 bits per heavy atom. The van der Waals surface area contributed by atoms with Crippen LogP contribution in [0.4, 0.5) is 5.69 Å². The van der Waals surface area contributed by atoms with Crippen molar-refractivity contribution in [2.24, 2.45) is 0 Å². The molecule has 0 spiro atoms. The lowest BCUT2D eigenvalue weighted by Gasteiger charge is -2.12. The second-order valence-electron chi connectivity index (χ2n) is 7.07. The number of phenolic OH excluding ortho intramolecular Hbond substituents is 1. The van der Waals surface area contributed by atoms with Gasteiger partial charge < -0.3 is 15.2 Å². The van der Waals surface area contributed by atoms with E-state index in [9.17, 15) is 9.90 Å². The van der Waals surface area contributed by atoms with Gasteiger partial charge in [-0.1, -0.05) is 36.4 Å². The molecule has 5 nitrogen and oxygen atoms in total. The Bertz CT molecular complexity index is 1410. The van der Waals surface area contributed by atoms with Crippen LogP contribution in [-0.4, -0.2) is 23.1 Å². The first-order chi connectivity index (χ1) is 15.1. The SMILES string of the molecule is COc1cc2ccccc2cc1C(=O)Nc1ccc(O)c(-c2nc3ccccc3s2)c1. The number of hydrogen-bond acceptors (Lipinski definition) is 5. The summed E-state index contributed by atoms with van der Waals surface area (Å²) in [5, 5.41) is 16.0. The summed E-state index contributed by atoms with van der Waals surface area (Å²) in [4.78, 5) is 17.7. The molecule has 0 unspecified atom stereocenters. The van der Waals surface area contributed by atoms with Gasteiger partial charge in [-0.3, -0.25) is 4.79 Å². The number of benzene rings is 4. The maximum absolute atomic E-state index is 13.0. The van der Waals surface area contributed by atoms with Crippen molar-refractivity contribution in [3.8, 4) is 22.1 Å². The molecule has 0 aliphatic rings. The van der Waals surface area contributed by atoms with Crippen molar-refractivity contribution < 1.29 is 14.6 Å². The first kappa shape index (κ1) is 19.1. The molecule has 0 bridgehead atoms. The van der Waals surface area contributed by atoms with Gasteiger partial charge in [0, 0.05) is 5.69 Å². The van der Waals surface area contributed by atoms with Crippen molar-refractivity contribution in [1.82, 2.24) is 4.98 Å². The van der Waals surface area contributed by atoms with Crippen molar-refractivity contribution in [1.29, 1.82) is 0 Å². The van der Waals surface area contributed by atoms with Crippen LogP contribution >= 0.6 is 11.3 Å². The Morgan fingerprint density at radius 3 is 2.48 bits per heavy atom. The predicted octanol–water partition coefficient (Wildman–Crippen LogP) is 6.08. The fourth-order valence-electron chi connectivity index (χ4n) is 3.54. The average molecular weight is 426 g/mol. The molecule has 152 valence electrons. The van der Waals surface area contributed by atoms with Gasteiger partial charge in [0.25, 0.3) is 5.91 Å². The topological polar surface area (TPSA) is 71.5 Å². The van der Waals surface area contributed by atoms with Crippen LogP contribution in [0.5, 0.6) is 11.5 Å². The monoisotopic (exact) mass is 426 g/mol. The number of ether oxygens (including phenoxy) is 1. The Labute approximate surface area is 182 Å². The van der Waals surface area contributed by atoms with Crippen molar-refractivity contribution in [3.63, 3.8) is 0 Å². The Balaban J connectivity index is 1.50. The second kappa shape index (κ2) is 7.74. The third kappa shape index (κ3) is 3.58. The van der Waals surface area contributed by atoms with Crippen LogP contribution in [0.3, 0.4) is 0 Å². The number of methoxy groups -OCH3 is 1. The van der Waals surface area contributed by atoms with E-state index in [1.165, 1.54) is 11.3 Å². The molecule has 1 aromatic heterocycles. The molecule has 5 aromatic rings. The largest absolute Gasteiger partial charge is 0.507 e. The van der Waals surface area contributed by atoms with Gasteiger partial charge in [0.05, 0.1) is 28.5 Å². The van der Waals surface area contributed by atoms with E-state index >= 15 is 0 Å². The zero-order valence-corrected chi connectivity index (χ0v) is 17.4. The number of rotatable bonds is 4. The number of phenols is 1. The Kier molecular flexibility index (Phi) is 4.76. The van der Waals surface area contributed by atoms with E-state index in [1.54, 1.807) is 25.3 Å². The summed E-state index contributed by atoms with van der Waals surface area (Å²) >= 11 is 1.49. The molecule has 0 fully saturated rings. The highest BCUT2D eigenvalue weighted by atomic mass is 32.1. The number of hydrogen-bond donors (Lipinski definition) is 2. The minimum Gasteiger partial charge on any atom is -0.507 e. The smallest absolute Gasteiger partial charge is 0.259 e. The van der Waals surface area contributed by atoms with Gasteiger partial charge in [0.15, 0.2) is 0 Å². The number of aromatic nitrogens is 1. The van der Waals surface area contributed by atoms with Crippen LogP contribution < -0.4 is 10.1 Å². The van der Waals surface area contributed by atoms with E-state index in [-0.39, 0.29) is 11.7 Å². The molecule has 0 aliphatic carbocycles. The van der Waals surface area contributed by atoms with Crippen LogP contribution in [0.25, 0.3) is 31.6 Å².